The minimum atomic E-state index is 0.766. The predicted octanol–water partition coefficient (Wildman–Crippen LogP) is 3.07. The maximum atomic E-state index is 5.36. The first-order valence-electron chi connectivity index (χ1n) is 5.40. The molecule has 0 spiro atoms. The Morgan fingerprint density at radius 2 is 1.82 bits per heavy atom. The lowest BCUT2D eigenvalue weighted by Gasteiger charge is -2.10. The lowest BCUT2D eigenvalue weighted by Crippen LogP contribution is -1.92. The topological polar surface area (TPSA) is 31.4 Å². The van der Waals surface area contributed by atoms with Crippen LogP contribution in [0.5, 0.6) is 11.5 Å². The summed E-state index contributed by atoms with van der Waals surface area (Å²) in [5.74, 6) is 1.54. The monoisotopic (exact) mass is 229 g/mol. The van der Waals surface area contributed by atoms with Crippen molar-refractivity contribution >= 4 is 0 Å². The van der Waals surface area contributed by atoms with Gasteiger partial charge in [-0.3, -0.25) is 4.98 Å². The van der Waals surface area contributed by atoms with Crippen LogP contribution in [0.2, 0.25) is 0 Å². The third kappa shape index (κ3) is 2.38. The number of hydrogen-bond acceptors (Lipinski definition) is 3. The predicted molar refractivity (Wildman–Crippen MR) is 67.5 cm³/mol. The Kier molecular flexibility index (Phi) is 3.28. The van der Waals surface area contributed by atoms with Crippen molar-refractivity contribution in [3.8, 4) is 22.8 Å². The molecule has 88 valence electrons. The Hall–Kier alpha value is -2.03. The van der Waals surface area contributed by atoms with Gasteiger partial charge in [0.25, 0.3) is 0 Å². The van der Waals surface area contributed by atoms with Crippen LogP contribution in [-0.4, -0.2) is 19.2 Å². The Balaban J connectivity index is 2.51. The largest absolute Gasteiger partial charge is 0.497 e. The van der Waals surface area contributed by atoms with Crippen LogP contribution in [0.1, 0.15) is 5.69 Å². The van der Waals surface area contributed by atoms with E-state index in [0.717, 1.165) is 28.5 Å². The van der Waals surface area contributed by atoms with Crippen LogP contribution in [0.3, 0.4) is 0 Å². The van der Waals surface area contributed by atoms with E-state index in [1.54, 1.807) is 14.2 Å². The van der Waals surface area contributed by atoms with Gasteiger partial charge < -0.3 is 9.47 Å². The van der Waals surface area contributed by atoms with E-state index in [2.05, 4.69) is 4.98 Å². The molecule has 0 atom stereocenters. The summed E-state index contributed by atoms with van der Waals surface area (Å²) < 4.78 is 10.5. The van der Waals surface area contributed by atoms with E-state index in [9.17, 15) is 0 Å². The minimum Gasteiger partial charge on any atom is -0.497 e. The van der Waals surface area contributed by atoms with Gasteiger partial charge in [-0.05, 0) is 31.2 Å². The average molecular weight is 229 g/mol. The molecule has 0 saturated carbocycles. The molecule has 1 heterocycles. The standard InChI is InChI=1S/C14H15NO2/c1-10-5-4-6-13(15-10)12-8-7-11(16-2)9-14(12)17-3/h4-9H,1-3H3. The van der Waals surface area contributed by atoms with E-state index in [-0.39, 0.29) is 0 Å². The summed E-state index contributed by atoms with van der Waals surface area (Å²) in [5, 5.41) is 0. The first kappa shape index (κ1) is 11.5. The normalized spacial score (nSPS) is 10.1. The molecule has 2 aromatic rings. The van der Waals surface area contributed by atoms with Gasteiger partial charge in [0.2, 0.25) is 0 Å². The van der Waals surface area contributed by atoms with Gasteiger partial charge in [0.15, 0.2) is 0 Å². The summed E-state index contributed by atoms with van der Waals surface area (Å²) in [6.45, 7) is 1.97. The van der Waals surface area contributed by atoms with Crippen LogP contribution in [0, 0.1) is 6.92 Å². The van der Waals surface area contributed by atoms with E-state index in [4.69, 9.17) is 9.47 Å². The van der Waals surface area contributed by atoms with Gasteiger partial charge in [0, 0.05) is 17.3 Å². The zero-order chi connectivity index (χ0) is 12.3. The van der Waals surface area contributed by atoms with E-state index in [0.29, 0.717) is 0 Å². The summed E-state index contributed by atoms with van der Waals surface area (Å²) in [7, 11) is 3.29. The summed E-state index contributed by atoms with van der Waals surface area (Å²) in [5.41, 5.74) is 2.86. The van der Waals surface area contributed by atoms with Crippen LogP contribution in [-0.2, 0) is 0 Å². The maximum Gasteiger partial charge on any atom is 0.131 e. The molecule has 0 N–H and O–H groups in total. The first-order valence-corrected chi connectivity index (χ1v) is 5.40. The van der Waals surface area contributed by atoms with Crippen LogP contribution in [0.4, 0.5) is 0 Å². The second kappa shape index (κ2) is 4.87. The molecule has 0 aliphatic carbocycles. The van der Waals surface area contributed by atoms with Crippen molar-refractivity contribution in [2.24, 2.45) is 0 Å². The molecule has 0 saturated heterocycles. The Morgan fingerprint density at radius 1 is 1.00 bits per heavy atom. The molecule has 0 fully saturated rings. The molecule has 1 aromatic heterocycles. The number of nitrogens with zero attached hydrogens (tertiary/aromatic N) is 1. The van der Waals surface area contributed by atoms with Gasteiger partial charge in [0.1, 0.15) is 11.5 Å². The number of ether oxygens (including phenoxy) is 2. The quantitative estimate of drug-likeness (QED) is 0.810. The fraction of sp³-hybridized carbons (Fsp3) is 0.214. The summed E-state index contributed by atoms with van der Waals surface area (Å²) >= 11 is 0. The summed E-state index contributed by atoms with van der Waals surface area (Å²) in [4.78, 5) is 4.49. The minimum absolute atomic E-state index is 0.766. The van der Waals surface area contributed by atoms with Crippen molar-refractivity contribution in [3.05, 3.63) is 42.1 Å². The van der Waals surface area contributed by atoms with Crippen LogP contribution in [0.25, 0.3) is 11.3 Å². The van der Waals surface area contributed by atoms with Gasteiger partial charge in [-0.15, -0.1) is 0 Å². The molecule has 3 nitrogen and oxygen atoms in total. The van der Waals surface area contributed by atoms with Gasteiger partial charge in [-0.25, -0.2) is 0 Å². The van der Waals surface area contributed by atoms with Gasteiger partial charge in [-0.1, -0.05) is 6.07 Å². The number of methoxy groups -OCH3 is 2. The van der Waals surface area contributed by atoms with E-state index in [1.807, 2.05) is 43.3 Å². The molecule has 17 heavy (non-hydrogen) atoms. The lowest BCUT2D eigenvalue weighted by molar-refractivity contribution is 0.395. The Morgan fingerprint density at radius 3 is 2.47 bits per heavy atom. The van der Waals surface area contributed by atoms with Gasteiger partial charge >= 0.3 is 0 Å². The van der Waals surface area contributed by atoms with Crippen molar-refractivity contribution in [1.29, 1.82) is 0 Å². The van der Waals surface area contributed by atoms with Crippen molar-refractivity contribution in [1.82, 2.24) is 4.98 Å². The fourth-order valence-corrected chi connectivity index (χ4v) is 1.70. The molecule has 1 aromatic carbocycles. The lowest BCUT2D eigenvalue weighted by atomic mass is 10.1. The third-order valence-electron chi connectivity index (χ3n) is 2.57. The molecule has 0 unspecified atom stereocenters. The number of rotatable bonds is 3. The van der Waals surface area contributed by atoms with Crippen molar-refractivity contribution in [3.63, 3.8) is 0 Å². The van der Waals surface area contributed by atoms with Crippen LogP contribution < -0.4 is 9.47 Å². The number of pyridine rings is 1. The smallest absolute Gasteiger partial charge is 0.131 e. The molecular weight excluding hydrogens is 214 g/mol. The second-order valence-electron chi connectivity index (χ2n) is 3.73. The van der Waals surface area contributed by atoms with Crippen molar-refractivity contribution < 1.29 is 9.47 Å². The van der Waals surface area contributed by atoms with Crippen LogP contribution in [0.15, 0.2) is 36.4 Å². The highest BCUT2D eigenvalue weighted by atomic mass is 16.5. The second-order valence-corrected chi connectivity index (χ2v) is 3.73. The number of aromatic nitrogens is 1. The first-order chi connectivity index (χ1) is 8.24. The van der Waals surface area contributed by atoms with E-state index in [1.165, 1.54) is 0 Å². The van der Waals surface area contributed by atoms with Gasteiger partial charge in [0.05, 0.1) is 19.9 Å². The molecule has 0 amide bonds. The summed E-state index contributed by atoms with van der Waals surface area (Å²) in [6.07, 6.45) is 0. The fourth-order valence-electron chi connectivity index (χ4n) is 1.70. The van der Waals surface area contributed by atoms with E-state index < -0.39 is 0 Å². The summed E-state index contributed by atoms with van der Waals surface area (Å²) in [6, 6.07) is 11.7. The van der Waals surface area contributed by atoms with Crippen LogP contribution >= 0.6 is 0 Å². The molecule has 0 aliphatic rings. The number of benzene rings is 1. The zero-order valence-electron chi connectivity index (χ0n) is 10.2. The Bertz CT molecular complexity index is 523. The molecule has 3 heteroatoms. The molecule has 0 aliphatic heterocycles. The highest BCUT2D eigenvalue weighted by Crippen LogP contribution is 2.32. The van der Waals surface area contributed by atoms with Crippen molar-refractivity contribution in [2.75, 3.05) is 14.2 Å². The SMILES string of the molecule is COc1ccc(-c2cccc(C)n2)c(OC)c1. The van der Waals surface area contributed by atoms with E-state index >= 15 is 0 Å². The molecular formula is C14H15NO2. The number of hydrogen-bond donors (Lipinski definition) is 0. The highest BCUT2D eigenvalue weighted by molar-refractivity contribution is 5.68. The molecule has 2 rings (SSSR count). The average Bonchev–Trinajstić information content (AvgIpc) is 2.38. The Labute approximate surface area is 101 Å². The third-order valence-corrected chi connectivity index (χ3v) is 2.57. The molecule has 0 bridgehead atoms. The molecule has 0 radical (unpaired) electrons. The maximum absolute atomic E-state index is 5.36. The zero-order valence-corrected chi connectivity index (χ0v) is 10.2. The van der Waals surface area contributed by atoms with Crippen molar-refractivity contribution in [2.45, 2.75) is 6.92 Å². The number of aryl methyl sites for hydroxylation is 1. The van der Waals surface area contributed by atoms with Gasteiger partial charge in [-0.2, -0.15) is 0 Å². The highest BCUT2D eigenvalue weighted by Gasteiger charge is 2.08.